The lowest BCUT2D eigenvalue weighted by Crippen LogP contribution is -2.37. The van der Waals surface area contributed by atoms with Gasteiger partial charge < -0.3 is 15.8 Å². The lowest BCUT2D eigenvalue weighted by molar-refractivity contribution is -0.122. The summed E-state index contributed by atoms with van der Waals surface area (Å²) in [6, 6.07) is -0.462. The van der Waals surface area contributed by atoms with Crippen LogP contribution in [-0.4, -0.2) is 38.0 Å². The van der Waals surface area contributed by atoms with Crippen molar-refractivity contribution in [1.82, 2.24) is 5.32 Å². The van der Waals surface area contributed by atoms with Crippen molar-refractivity contribution in [3.8, 4) is 0 Å². The highest BCUT2D eigenvalue weighted by Gasteiger charge is 2.18. The zero-order valence-electron chi connectivity index (χ0n) is 10.8. The summed E-state index contributed by atoms with van der Waals surface area (Å²) in [7, 11) is 1.59. The maximum absolute atomic E-state index is 11.6. The number of hydrogen-bond donors (Lipinski definition) is 2. The molecule has 0 heterocycles. The quantitative estimate of drug-likeness (QED) is 0.410. The molecule has 5 heteroatoms. The number of nitrogens with one attached hydrogen (secondary N) is 1. The van der Waals surface area contributed by atoms with E-state index in [0.717, 1.165) is 0 Å². The minimum Gasteiger partial charge on any atom is -0.387 e. The van der Waals surface area contributed by atoms with E-state index < -0.39 is 6.04 Å². The van der Waals surface area contributed by atoms with Gasteiger partial charge in [0.05, 0.1) is 6.61 Å². The first kappa shape index (κ1) is 14.9. The monoisotopic (exact) mass is 229 g/mol. The Morgan fingerprint density at radius 3 is 2.50 bits per heavy atom. The first-order chi connectivity index (χ1) is 7.29. The van der Waals surface area contributed by atoms with Crippen LogP contribution in [0.15, 0.2) is 4.99 Å². The van der Waals surface area contributed by atoms with Crippen LogP contribution >= 0.6 is 0 Å². The van der Waals surface area contributed by atoms with E-state index in [1.807, 2.05) is 20.8 Å². The van der Waals surface area contributed by atoms with Crippen LogP contribution < -0.4 is 11.1 Å². The molecule has 0 radical (unpaired) electrons. The van der Waals surface area contributed by atoms with Crippen LogP contribution in [0.25, 0.3) is 0 Å². The molecule has 0 aliphatic rings. The van der Waals surface area contributed by atoms with E-state index in [0.29, 0.717) is 19.0 Å². The zero-order chi connectivity index (χ0) is 12.8. The summed E-state index contributed by atoms with van der Waals surface area (Å²) in [5, 5.41) is 2.71. The van der Waals surface area contributed by atoms with Gasteiger partial charge in [-0.15, -0.1) is 0 Å². The molecule has 5 nitrogen and oxygen atoms in total. The van der Waals surface area contributed by atoms with Crippen LogP contribution in [0.5, 0.6) is 0 Å². The zero-order valence-corrected chi connectivity index (χ0v) is 10.8. The van der Waals surface area contributed by atoms with Crippen molar-refractivity contribution >= 4 is 11.7 Å². The van der Waals surface area contributed by atoms with E-state index in [1.165, 1.54) is 0 Å². The van der Waals surface area contributed by atoms with Gasteiger partial charge in [-0.1, -0.05) is 20.8 Å². The fourth-order valence-corrected chi connectivity index (χ4v) is 0.885. The number of nitrogens with two attached hydrogens (primary N) is 1. The maximum atomic E-state index is 11.6. The minimum atomic E-state index is -0.462. The summed E-state index contributed by atoms with van der Waals surface area (Å²) >= 11 is 0. The van der Waals surface area contributed by atoms with E-state index in [9.17, 15) is 4.79 Å². The first-order valence-electron chi connectivity index (χ1n) is 5.39. The van der Waals surface area contributed by atoms with Crippen LogP contribution in [0.4, 0.5) is 0 Å². The Morgan fingerprint density at radius 2 is 2.06 bits per heavy atom. The molecule has 0 fully saturated rings. The van der Waals surface area contributed by atoms with Crippen LogP contribution in [0.3, 0.4) is 0 Å². The molecule has 16 heavy (non-hydrogen) atoms. The van der Waals surface area contributed by atoms with Gasteiger partial charge in [0.1, 0.15) is 11.9 Å². The average molecular weight is 229 g/mol. The predicted octanol–water partition coefficient (Wildman–Crippen LogP) is 0.541. The Kier molecular flexibility index (Phi) is 6.03. The van der Waals surface area contributed by atoms with Gasteiger partial charge in [-0.2, -0.15) is 0 Å². The third kappa shape index (κ3) is 5.70. The van der Waals surface area contributed by atoms with Gasteiger partial charge in [0, 0.05) is 19.1 Å². The Hall–Kier alpha value is -1.10. The Morgan fingerprint density at radius 1 is 1.50 bits per heavy atom. The van der Waals surface area contributed by atoms with Gasteiger partial charge in [0.15, 0.2) is 0 Å². The highest BCUT2D eigenvalue weighted by molar-refractivity contribution is 5.89. The van der Waals surface area contributed by atoms with Crippen LogP contribution in [0, 0.1) is 5.41 Å². The number of aliphatic imine (C=N–C) groups is 1. The van der Waals surface area contributed by atoms with Crippen molar-refractivity contribution in [2.24, 2.45) is 16.1 Å². The molecule has 0 spiro atoms. The van der Waals surface area contributed by atoms with E-state index in [1.54, 1.807) is 14.0 Å². The first-order valence-corrected chi connectivity index (χ1v) is 5.39. The second kappa shape index (κ2) is 6.48. The number of amides is 1. The Bertz CT molecular complexity index is 256. The largest absolute Gasteiger partial charge is 0.387 e. The molecule has 3 N–H and O–H groups in total. The van der Waals surface area contributed by atoms with E-state index in [2.05, 4.69) is 10.3 Å². The number of amidine groups is 1. The molecule has 0 rings (SSSR count). The van der Waals surface area contributed by atoms with Crippen molar-refractivity contribution < 1.29 is 9.53 Å². The lowest BCUT2D eigenvalue weighted by atomic mass is 9.95. The SMILES string of the molecule is COCCNC(=O)C(C)N=C(N)C(C)(C)C. The van der Waals surface area contributed by atoms with E-state index in [-0.39, 0.29) is 11.3 Å². The smallest absolute Gasteiger partial charge is 0.244 e. The normalized spacial score (nSPS) is 14.7. The molecule has 1 unspecified atom stereocenters. The molecule has 1 amide bonds. The molecule has 0 aliphatic carbocycles. The number of ether oxygens (including phenoxy) is 1. The number of hydrogen-bond acceptors (Lipinski definition) is 3. The predicted molar refractivity (Wildman–Crippen MR) is 65.4 cm³/mol. The number of carbonyl (C=O) groups is 1. The number of rotatable bonds is 5. The van der Waals surface area contributed by atoms with E-state index >= 15 is 0 Å². The summed E-state index contributed by atoms with van der Waals surface area (Å²) in [6.07, 6.45) is 0. The molecule has 0 saturated heterocycles. The summed E-state index contributed by atoms with van der Waals surface area (Å²) in [4.78, 5) is 15.7. The van der Waals surface area contributed by atoms with Gasteiger partial charge in [-0.05, 0) is 6.92 Å². The molecule has 1 atom stereocenters. The van der Waals surface area contributed by atoms with Crippen molar-refractivity contribution in [3.05, 3.63) is 0 Å². The summed E-state index contributed by atoms with van der Waals surface area (Å²) in [6.45, 7) is 8.59. The fourth-order valence-electron chi connectivity index (χ4n) is 0.885. The van der Waals surface area contributed by atoms with Crippen LogP contribution in [-0.2, 0) is 9.53 Å². The third-order valence-electron chi connectivity index (χ3n) is 2.09. The molecule has 0 aromatic rings. The molecular weight excluding hydrogens is 206 g/mol. The topological polar surface area (TPSA) is 76.7 Å². The van der Waals surface area contributed by atoms with Gasteiger partial charge >= 0.3 is 0 Å². The Labute approximate surface area is 97.4 Å². The third-order valence-corrected chi connectivity index (χ3v) is 2.09. The summed E-state index contributed by atoms with van der Waals surface area (Å²) in [5.74, 6) is 0.353. The standard InChI is InChI=1S/C11H23N3O2/c1-8(9(15)13-6-7-16-5)14-10(12)11(2,3)4/h8H,6-7H2,1-5H3,(H2,12,14)(H,13,15). The van der Waals surface area contributed by atoms with Crippen molar-refractivity contribution in [2.45, 2.75) is 33.7 Å². The molecule has 94 valence electrons. The second-order valence-corrected chi connectivity index (χ2v) is 4.72. The lowest BCUT2D eigenvalue weighted by Gasteiger charge is -2.19. The molecular formula is C11H23N3O2. The maximum Gasteiger partial charge on any atom is 0.244 e. The summed E-state index contributed by atoms with van der Waals surface area (Å²) in [5.41, 5.74) is 5.58. The number of carbonyl (C=O) groups excluding carboxylic acids is 1. The van der Waals surface area contributed by atoms with Crippen LogP contribution in [0.2, 0.25) is 0 Å². The van der Waals surface area contributed by atoms with Crippen LogP contribution in [0.1, 0.15) is 27.7 Å². The molecule has 0 aromatic carbocycles. The molecule has 0 aromatic heterocycles. The van der Waals surface area contributed by atoms with Crippen molar-refractivity contribution in [1.29, 1.82) is 0 Å². The van der Waals surface area contributed by atoms with Gasteiger partial charge in [0.25, 0.3) is 0 Å². The number of methoxy groups -OCH3 is 1. The highest BCUT2D eigenvalue weighted by Crippen LogP contribution is 2.13. The van der Waals surface area contributed by atoms with Gasteiger partial charge in [-0.25, -0.2) is 0 Å². The molecule has 0 aliphatic heterocycles. The minimum absolute atomic E-state index is 0.135. The van der Waals surface area contributed by atoms with Gasteiger partial charge in [0.2, 0.25) is 5.91 Å². The average Bonchev–Trinajstić information content (AvgIpc) is 2.16. The highest BCUT2D eigenvalue weighted by atomic mass is 16.5. The second-order valence-electron chi connectivity index (χ2n) is 4.72. The molecule has 0 saturated carbocycles. The number of nitrogens with zero attached hydrogens (tertiary/aromatic N) is 1. The summed E-state index contributed by atoms with van der Waals surface area (Å²) < 4.78 is 4.83. The Balaban J connectivity index is 4.24. The van der Waals surface area contributed by atoms with Crippen molar-refractivity contribution in [2.75, 3.05) is 20.3 Å². The van der Waals surface area contributed by atoms with Crippen molar-refractivity contribution in [3.63, 3.8) is 0 Å². The van der Waals surface area contributed by atoms with E-state index in [4.69, 9.17) is 10.5 Å². The molecule has 0 bridgehead atoms. The fraction of sp³-hybridized carbons (Fsp3) is 0.818. The van der Waals surface area contributed by atoms with Gasteiger partial charge in [-0.3, -0.25) is 9.79 Å².